The van der Waals surface area contributed by atoms with Crippen molar-refractivity contribution < 1.29 is 9.52 Å². The monoisotopic (exact) mass is 360 g/mol. The fraction of sp³-hybridized carbons (Fsp3) is 0.556. The molecule has 142 valence electrons. The van der Waals surface area contributed by atoms with E-state index in [2.05, 4.69) is 25.6 Å². The van der Waals surface area contributed by atoms with E-state index in [0.29, 0.717) is 11.8 Å². The third-order valence-corrected chi connectivity index (χ3v) is 4.46. The van der Waals surface area contributed by atoms with Crippen LogP contribution in [0.4, 0.5) is 5.69 Å². The van der Waals surface area contributed by atoms with Crippen LogP contribution >= 0.6 is 0 Å². The lowest BCUT2D eigenvalue weighted by Gasteiger charge is -2.34. The predicted octanol–water partition coefficient (Wildman–Crippen LogP) is 1.27. The molecule has 8 nitrogen and oxygen atoms in total. The zero-order valence-corrected chi connectivity index (χ0v) is 15.4. The molecule has 1 fully saturated rings. The lowest BCUT2D eigenvalue weighted by atomic mass is 10.1. The number of nitrogens with one attached hydrogen (secondary N) is 2. The summed E-state index contributed by atoms with van der Waals surface area (Å²) in [5.41, 5.74) is 1.15. The van der Waals surface area contributed by atoms with Gasteiger partial charge in [0.25, 0.3) is 0 Å². The topological polar surface area (TPSA) is 90.8 Å². The summed E-state index contributed by atoms with van der Waals surface area (Å²) < 4.78 is 7.06. The normalized spacial score (nSPS) is 19.4. The van der Waals surface area contributed by atoms with Crippen molar-refractivity contribution in [3.8, 4) is 0 Å². The molecule has 0 aromatic carbocycles. The van der Waals surface area contributed by atoms with Crippen LogP contribution in [0.5, 0.6) is 0 Å². The Kier molecular flexibility index (Phi) is 6.17. The minimum Gasteiger partial charge on any atom is -0.467 e. The molecule has 2 aromatic rings. The van der Waals surface area contributed by atoms with Crippen LogP contribution in [0, 0.1) is 0 Å². The van der Waals surface area contributed by atoms with E-state index in [0.717, 1.165) is 44.1 Å². The van der Waals surface area contributed by atoms with E-state index in [1.807, 2.05) is 31.0 Å². The maximum Gasteiger partial charge on any atom is 0.191 e. The van der Waals surface area contributed by atoms with Gasteiger partial charge in [0.1, 0.15) is 11.9 Å². The molecule has 0 saturated carbocycles. The van der Waals surface area contributed by atoms with Crippen molar-refractivity contribution in [1.82, 2.24) is 20.4 Å². The summed E-state index contributed by atoms with van der Waals surface area (Å²) in [5, 5.41) is 21.2. The number of aliphatic hydroxyl groups excluding tert-OH is 1. The van der Waals surface area contributed by atoms with Crippen LogP contribution in [-0.2, 0) is 7.05 Å². The van der Waals surface area contributed by atoms with Gasteiger partial charge in [-0.3, -0.25) is 9.67 Å². The summed E-state index contributed by atoms with van der Waals surface area (Å²) >= 11 is 0. The average molecular weight is 360 g/mol. The molecule has 8 heteroatoms. The molecule has 26 heavy (non-hydrogen) atoms. The molecule has 0 bridgehead atoms. The molecule has 0 aliphatic carbocycles. The molecule has 3 N–H and O–H groups in total. The largest absolute Gasteiger partial charge is 0.467 e. The zero-order valence-electron chi connectivity index (χ0n) is 15.4. The lowest BCUT2D eigenvalue weighted by molar-refractivity contribution is 0.158. The van der Waals surface area contributed by atoms with Crippen molar-refractivity contribution in [2.45, 2.75) is 31.9 Å². The van der Waals surface area contributed by atoms with Crippen LogP contribution < -0.4 is 15.5 Å². The molecule has 2 unspecified atom stereocenters. The van der Waals surface area contributed by atoms with E-state index in [4.69, 9.17) is 4.42 Å². The average Bonchev–Trinajstić information content (AvgIpc) is 3.31. The van der Waals surface area contributed by atoms with Gasteiger partial charge in [0.05, 0.1) is 24.7 Å². The Morgan fingerprint density at radius 1 is 1.54 bits per heavy atom. The number of aromatic nitrogens is 2. The van der Waals surface area contributed by atoms with E-state index in [1.54, 1.807) is 18.4 Å². The highest BCUT2D eigenvalue weighted by Gasteiger charge is 2.22. The predicted molar refractivity (Wildman–Crippen MR) is 101 cm³/mol. The second-order valence-corrected chi connectivity index (χ2v) is 6.55. The van der Waals surface area contributed by atoms with Gasteiger partial charge in [-0.1, -0.05) is 0 Å². The van der Waals surface area contributed by atoms with Crippen LogP contribution in [0.2, 0.25) is 0 Å². The van der Waals surface area contributed by atoms with Gasteiger partial charge in [-0.2, -0.15) is 5.10 Å². The number of hydrogen-bond acceptors (Lipinski definition) is 5. The van der Waals surface area contributed by atoms with Crippen molar-refractivity contribution in [3.05, 3.63) is 36.5 Å². The van der Waals surface area contributed by atoms with Crippen molar-refractivity contribution in [3.63, 3.8) is 0 Å². The number of piperidine rings is 1. The fourth-order valence-electron chi connectivity index (χ4n) is 3.16. The van der Waals surface area contributed by atoms with E-state index >= 15 is 0 Å². The summed E-state index contributed by atoms with van der Waals surface area (Å²) in [7, 11) is 1.93. The number of aryl methyl sites for hydroxylation is 1. The van der Waals surface area contributed by atoms with Crippen LogP contribution in [0.3, 0.4) is 0 Å². The second kappa shape index (κ2) is 8.75. The third kappa shape index (κ3) is 4.78. The van der Waals surface area contributed by atoms with Gasteiger partial charge in [-0.05, 0) is 31.9 Å². The highest BCUT2D eigenvalue weighted by molar-refractivity contribution is 5.80. The van der Waals surface area contributed by atoms with Gasteiger partial charge >= 0.3 is 0 Å². The summed E-state index contributed by atoms with van der Waals surface area (Å²) in [6.07, 6.45) is 6.96. The van der Waals surface area contributed by atoms with E-state index < -0.39 is 6.10 Å². The quantitative estimate of drug-likeness (QED) is 0.531. The first-order valence-corrected chi connectivity index (χ1v) is 9.15. The van der Waals surface area contributed by atoms with Crippen molar-refractivity contribution >= 4 is 11.6 Å². The Morgan fingerprint density at radius 2 is 2.42 bits per heavy atom. The molecule has 2 aromatic heterocycles. The molecule has 3 rings (SSSR count). The number of furan rings is 1. The molecule has 2 atom stereocenters. The van der Waals surface area contributed by atoms with E-state index in [-0.39, 0.29) is 6.54 Å². The molecule has 1 saturated heterocycles. The molecule has 0 amide bonds. The minimum atomic E-state index is -0.737. The van der Waals surface area contributed by atoms with Gasteiger partial charge in [0.15, 0.2) is 5.96 Å². The second-order valence-electron chi connectivity index (χ2n) is 6.55. The Hall–Kier alpha value is -2.48. The molecule has 0 radical (unpaired) electrons. The number of aliphatic hydroxyl groups is 1. The highest BCUT2D eigenvalue weighted by Crippen LogP contribution is 2.19. The Morgan fingerprint density at radius 3 is 3.12 bits per heavy atom. The van der Waals surface area contributed by atoms with Gasteiger partial charge in [0, 0.05) is 38.9 Å². The molecule has 1 aliphatic rings. The van der Waals surface area contributed by atoms with E-state index in [9.17, 15) is 5.11 Å². The van der Waals surface area contributed by atoms with Gasteiger partial charge in [-0.25, -0.2) is 0 Å². The first-order chi connectivity index (χ1) is 12.7. The first kappa shape index (κ1) is 18.3. The summed E-state index contributed by atoms with van der Waals surface area (Å²) in [5.74, 6) is 1.25. The van der Waals surface area contributed by atoms with Crippen LogP contribution in [0.15, 0.2) is 40.2 Å². The summed E-state index contributed by atoms with van der Waals surface area (Å²) in [6, 6.07) is 3.82. The maximum absolute atomic E-state index is 10.2. The highest BCUT2D eigenvalue weighted by atomic mass is 16.4. The van der Waals surface area contributed by atoms with Crippen LogP contribution in [0.25, 0.3) is 0 Å². The third-order valence-electron chi connectivity index (χ3n) is 4.46. The number of anilines is 1. The molecule has 1 aliphatic heterocycles. The maximum atomic E-state index is 10.2. The Bertz CT molecular complexity index is 696. The number of guanidine groups is 1. The smallest absolute Gasteiger partial charge is 0.191 e. The lowest BCUT2D eigenvalue weighted by Crippen LogP contribution is -2.51. The molecule has 3 heterocycles. The van der Waals surface area contributed by atoms with Crippen molar-refractivity contribution in [2.75, 3.05) is 31.1 Å². The molecular weight excluding hydrogens is 332 g/mol. The van der Waals surface area contributed by atoms with Crippen LogP contribution in [-0.4, -0.2) is 53.1 Å². The summed E-state index contributed by atoms with van der Waals surface area (Å²) in [4.78, 5) is 6.86. The number of hydrogen-bond donors (Lipinski definition) is 3. The number of aliphatic imine (C=N–C) groups is 1. The number of rotatable bonds is 6. The van der Waals surface area contributed by atoms with Crippen molar-refractivity contribution in [1.29, 1.82) is 0 Å². The number of nitrogens with zero attached hydrogens (tertiary/aromatic N) is 4. The van der Waals surface area contributed by atoms with Gasteiger partial charge in [0.2, 0.25) is 0 Å². The first-order valence-electron chi connectivity index (χ1n) is 9.15. The Balaban J connectivity index is 1.58. The van der Waals surface area contributed by atoms with Gasteiger partial charge in [-0.15, -0.1) is 0 Å². The molecular formula is C18H28N6O2. The van der Waals surface area contributed by atoms with Gasteiger partial charge < -0.3 is 25.1 Å². The standard InChI is InChI=1S/C18H28N6O2/c1-3-19-18(20-11-16(25)17-7-5-9-26-17)22-14-6-4-8-24(12-14)15-10-21-23(2)13-15/h5,7,9-10,13-14,16,25H,3-4,6,8,11-12H2,1-2H3,(H2,19,20,22). The Labute approximate surface area is 153 Å². The summed E-state index contributed by atoms with van der Waals surface area (Å²) in [6.45, 7) is 4.98. The zero-order chi connectivity index (χ0) is 18.4. The minimum absolute atomic E-state index is 0.252. The van der Waals surface area contributed by atoms with Crippen LogP contribution in [0.1, 0.15) is 31.6 Å². The fourth-order valence-corrected chi connectivity index (χ4v) is 3.16. The SMILES string of the molecule is CCNC(=NCC(O)c1ccco1)NC1CCCN(c2cnn(C)c2)C1. The van der Waals surface area contributed by atoms with E-state index in [1.165, 1.54) is 0 Å². The van der Waals surface area contributed by atoms with Crippen molar-refractivity contribution in [2.24, 2.45) is 12.0 Å². The molecule has 0 spiro atoms.